The van der Waals surface area contributed by atoms with Crippen molar-refractivity contribution in [1.82, 2.24) is 9.88 Å². The minimum atomic E-state index is -0.242. The van der Waals surface area contributed by atoms with E-state index < -0.39 is 0 Å². The van der Waals surface area contributed by atoms with Crippen molar-refractivity contribution in [3.8, 4) is 5.75 Å². The van der Waals surface area contributed by atoms with E-state index in [0.29, 0.717) is 37.6 Å². The van der Waals surface area contributed by atoms with Gasteiger partial charge in [0.1, 0.15) is 18.0 Å². The van der Waals surface area contributed by atoms with E-state index in [0.717, 1.165) is 34.2 Å². The van der Waals surface area contributed by atoms with Crippen LogP contribution in [0, 0.1) is 0 Å². The third-order valence-electron chi connectivity index (χ3n) is 6.02. The van der Waals surface area contributed by atoms with Crippen LogP contribution in [0.3, 0.4) is 0 Å². The van der Waals surface area contributed by atoms with Crippen molar-refractivity contribution >= 4 is 51.4 Å². The molecule has 2 amide bonds. The van der Waals surface area contributed by atoms with Crippen molar-refractivity contribution in [2.75, 3.05) is 31.8 Å². The van der Waals surface area contributed by atoms with Gasteiger partial charge in [0, 0.05) is 31.7 Å². The summed E-state index contributed by atoms with van der Waals surface area (Å²) >= 11 is 5.44. The van der Waals surface area contributed by atoms with Gasteiger partial charge in [0.2, 0.25) is 11.0 Å². The van der Waals surface area contributed by atoms with Gasteiger partial charge in [0.25, 0.3) is 5.91 Å². The number of methoxy groups -OCH3 is 1. The van der Waals surface area contributed by atoms with Gasteiger partial charge in [0.15, 0.2) is 0 Å². The lowest BCUT2D eigenvalue weighted by Gasteiger charge is -2.15. The summed E-state index contributed by atoms with van der Waals surface area (Å²) in [5, 5.41) is 4.09. The summed E-state index contributed by atoms with van der Waals surface area (Å²) in [6, 6.07) is 13.3. The Labute approximate surface area is 215 Å². The molecule has 3 aromatic rings. The number of hydrogen-bond donors (Lipinski definition) is 1. The number of carbonyl (C=O) groups excluding carboxylic acids is 2. The Hall–Kier alpha value is -3.56. The molecule has 0 spiro atoms. The smallest absolute Gasteiger partial charge is 0.279 e. The number of nitrogens with zero attached hydrogens (tertiary/aromatic N) is 3. The predicted octanol–water partition coefficient (Wildman–Crippen LogP) is 3.68. The van der Waals surface area contributed by atoms with Crippen LogP contribution in [0.5, 0.6) is 5.75 Å². The molecule has 188 valence electrons. The number of anilines is 1. The Balaban J connectivity index is 1.59. The molecule has 0 bridgehead atoms. The zero-order chi connectivity index (χ0) is 25.7. The second-order valence-corrected chi connectivity index (χ2v) is 8.74. The fourth-order valence-corrected chi connectivity index (χ4v) is 4.67. The third-order valence-corrected chi connectivity index (χ3v) is 6.30. The number of rotatable bonds is 11. The van der Waals surface area contributed by atoms with Crippen molar-refractivity contribution in [3.05, 3.63) is 59.8 Å². The highest BCUT2D eigenvalue weighted by Crippen LogP contribution is 2.28. The van der Waals surface area contributed by atoms with Gasteiger partial charge in [-0.25, -0.2) is 4.99 Å². The maximum atomic E-state index is 13.3. The van der Waals surface area contributed by atoms with E-state index in [9.17, 15) is 9.59 Å². The molecule has 0 saturated heterocycles. The lowest BCUT2D eigenvalue weighted by atomic mass is 10.0. The first kappa shape index (κ1) is 25.5. The highest BCUT2D eigenvalue weighted by molar-refractivity contribution is 7.80. The molecule has 4 rings (SSSR count). The van der Waals surface area contributed by atoms with E-state index in [1.807, 2.05) is 42.0 Å². The molecule has 1 N–H and O–H groups in total. The Morgan fingerprint density at radius 3 is 2.58 bits per heavy atom. The van der Waals surface area contributed by atoms with E-state index >= 15 is 0 Å². The first-order valence-corrected chi connectivity index (χ1v) is 12.4. The average Bonchev–Trinajstić information content (AvgIpc) is 3.36. The fraction of sp³-hybridized carbons (Fsp3) is 0.333. The molecule has 0 radical (unpaired) electrons. The van der Waals surface area contributed by atoms with Gasteiger partial charge in [0.05, 0.1) is 24.4 Å². The van der Waals surface area contributed by atoms with Gasteiger partial charge >= 0.3 is 0 Å². The summed E-state index contributed by atoms with van der Waals surface area (Å²) in [7, 11) is 1.60. The Morgan fingerprint density at radius 1 is 1.11 bits per heavy atom. The van der Waals surface area contributed by atoms with Crippen LogP contribution in [0.25, 0.3) is 10.9 Å². The molecule has 1 aliphatic rings. The molecule has 2 heterocycles. The second-order valence-electron chi connectivity index (χ2n) is 8.38. The number of ether oxygens (including phenoxy) is 2. The summed E-state index contributed by atoms with van der Waals surface area (Å²) < 4.78 is 12.5. The summed E-state index contributed by atoms with van der Waals surface area (Å²) in [6.07, 6.45) is 3.08. The third kappa shape index (κ3) is 5.32. The SMILES string of the molecule is CCOc1ccc(N2C(=O)C(Cc3cn(CC(=O)NCCOC)c4c(CC)cccc34)=NC2=S)cc1. The van der Waals surface area contributed by atoms with Gasteiger partial charge in [-0.1, -0.05) is 25.1 Å². The molecule has 9 heteroatoms. The molecule has 0 atom stereocenters. The number of aryl methyl sites for hydroxylation is 1. The molecule has 1 aromatic heterocycles. The lowest BCUT2D eigenvalue weighted by Crippen LogP contribution is -2.33. The quantitative estimate of drug-likeness (QED) is 0.317. The Bertz CT molecular complexity index is 1310. The predicted molar refractivity (Wildman–Crippen MR) is 145 cm³/mol. The molecular formula is C27H30N4O4S. The second kappa shape index (κ2) is 11.5. The standard InChI is InChI=1S/C27H30N4O4S/c1-4-18-7-6-8-22-19(16-30(25(18)22)17-24(32)28-13-14-34-3)15-23-26(33)31(27(36)29-23)20-9-11-21(12-10-20)35-5-2/h6-12,16H,4-5,13-15,17H2,1-3H3,(H,28,32). The van der Waals surface area contributed by atoms with Crippen LogP contribution >= 0.6 is 12.2 Å². The highest BCUT2D eigenvalue weighted by Gasteiger charge is 2.32. The number of aliphatic imine (C=N–C) groups is 1. The Kier molecular flexibility index (Phi) is 8.12. The maximum Gasteiger partial charge on any atom is 0.279 e. The number of carbonyl (C=O) groups is 2. The highest BCUT2D eigenvalue weighted by atomic mass is 32.1. The van der Waals surface area contributed by atoms with Gasteiger partial charge in [-0.15, -0.1) is 0 Å². The zero-order valence-corrected chi connectivity index (χ0v) is 21.6. The number of fused-ring (bicyclic) bond motifs is 1. The monoisotopic (exact) mass is 506 g/mol. The summed E-state index contributed by atoms with van der Waals surface area (Å²) in [5.74, 6) is 0.387. The van der Waals surface area contributed by atoms with Crippen LogP contribution in [-0.4, -0.2) is 54.1 Å². The molecule has 0 unspecified atom stereocenters. The van der Waals surface area contributed by atoms with Crippen LogP contribution in [0.4, 0.5) is 5.69 Å². The zero-order valence-electron chi connectivity index (χ0n) is 20.7. The molecule has 0 aliphatic carbocycles. The largest absolute Gasteiger partial charge is 0.494 e. The van der Waals surface area contributed by atoms with Crippen LogP contribution in [0.1, 0.15) is 25.0 Å². The van der Waals surface area contributed by atoms with Crippen molar-refractivity contribution in [3.63, 3.8) is 0 Å². The van der Waals surface area contributed by atoms with Gasteiger partial charge in [-0.3, -0.25) is 14.5 Å². The lowest BCUT2D eigenvalue weighted by molar-refractivity contribution is -0.121. The van der Waals surface area contributed by atoms with Crippen molar-refractivity contribution < 1.29 is 19.1 Å². The average molecular weight is 507 g/mol. The molecule has 0 fully saturated rings. The van der Waals surface area contributed by atoms with E-state index in [1.165, 1.54) is 4.90 Å². The summed E-state index contributed by atoms with van der Waals surface area (Å²) in [6.45, 7) is 5.65. The first-order valence-electron chi connectivity index (χ1n) is 12.0. The molecule has 36 heavy (non-hydrogen) atoms. The number of amides is 2. The van der Waals surface area contributed by atoms with Gasteiger partial charge in [-0.05, 0) is 61.0 Å². The van der Waals surface area contributed by atoms with Crippen molar-refractivity contribution in [2.24, 2.45) is 4.99 Å². The van der Waals surface area contributed by atoms with Crippen LogP contribution in [0.15, 0.2) is 53.7 Å². The normalized spacial score (nSPS) is 13.4. The van der Waals surface area contributed by atoms with Gasteiger partial charge in [-0.2, -0.15) is 0 Å². The van der Waals surface area contributed by atoms with E-state index in [-0.39, 0.29) is 23.5 Å². The van der Waals surface area contributed by atoms with Crippen LogP contribution in [0.2, 0.25) is 0 Å². The number of para-hydroxylation sites is 1. The minimum Gasteiger partial charge on any atom is -0.494 e. The topological polar surface area (TPSA) is 85.2 Å². The maximum absolute atomic E-state index is 13.3. The molecule has 2 aromatic carbocycles. The summed E-state index contributed by atoms with van der Waals surface area (Å²) in [4.78, 5) is 31.7. The van der Waals surface area contributed by atoms with Gasteiger partial charge < -0.3 is 19.4 Å². The van der Waals surface area contributed by atoms with Crippen LogP contribution in [-0.2, 0) is 33.7 Å². The molecule has 1 aliphatic heterocycles. The number of nitrogens with one attached hydrogen (secondary N) is 1. The van der Waals surface area contributed by atoms with Crippen LogP contribution < -0.4 is 15.0 Å². The van der Waals surface area contributed by atoms with E-state index in [1.54, 1.807) is 19.2 Å². The molecule has 0 saturated carbocycles. The van der Waals surface area contributed by atoms with Crippen molar-refractivity contribution in [1.29, 1.82) is 0 Å². The molecular weight excluding hydrogens is 476 g/mol. The molecule has 8 nitrogen and oxygen atoms in total. The van der Waals surface area contributed by atoms with E-state index in [2.05, 4.69) is 23.3 Å². The minimum absolute atomic E-state index is 0.0986. The first-order chi connectivity index (χ1) is 17.5. The fourth-order valence-electron chi connectivity index (χ4n) is 4.38. The number of aromatic nitrogens is 1. The Morgan fingerprint density at radius 2 is 1.89 bits per heavy atom. The number of benzene rings is 2. The van der Waals surface area contributed by atoms with E-state index in [4.69, 9.17) is 21.7 Å². The summed E-state index contributed by atoms with van der Waals surface area (Å²) in [5.41, 5.74) is 4.08. The number of hydrogen-bond acceptors (Lipinski definition) is 5. The van der Waals surface area contributed by atoms with Crippen molar-refractivity contribution in [2.45, 2.75) is 33.2 Å². The number of thiocarbonyl (C=S) groups is 1.